The minimum absolute atomic E-state index is 0.325. The first kappa shape index (κ1) is 40.7. The maximum absolute atomic E-state index is 6.45. The molecule has 0 fully saturated rings. The zero-order chi connectivity index (χ0) is 29.7. The molecule has 0 radical (unpaired) electrons. The molecule has 0 spiro atoms. The molecule has 0 atom stereocenters. The van der Waals surface area contributed by atoms with Crippen molar-refractivity contribution < 1.29 is 0 Å². The Balaban J connectivity index is 4.03. The van der Waals surface area contributed by atoms with Crippen LogP contribution in [0, 0.1) is 5.41 Å². The van der Waals surface area contributed by atoms with E-state index in [2.05, 4.69) is 0 Å². The summed E-state index contributed by atoms with van der Waals surface area (Å²) < 4.78 is 0. The van der Waals surface area contributed by atoms with Crippen molar-refractivity contribution in [3.63, 3.8) is 0 Å². The van der Waals surface area contributed by atoms with E-state index in [1.54, 1.807) is 0 Å². The molecule has 0 N–H and O–H groups in total. The smallest absolute Gasteiger partial charge is 0.126 e. The highest BCUT2D eigenvalue weighted by atomic mass is 35.9. The summed E-state index contributed by atoms with van der Waals surface area (Å²) in [4.78, 5) is 0. The van der Waals surface area contributed by atoms with E-state index >= 15 is 0 Å². The van der Waals surface area contributed by atoms with Gasteiger partial charge in [0.2, 0.25) is 0 Å². The molecule has 0 bridgehead atoms. The van der Waals surface area contributed by atoms with Gasteiger partial charge in [-0.2, -0.15) is 0 Å². The number of rotatable bonds is 17. The molecule has 1 aromatic rings. The van der Waals surface area contributed by atoms with Gasteiger partial charge in [-0.15, -0.1) is 166 Å². The van der Waals surface area contributed by atoms with E-state index < -0.39 is 40.8 Å². The molecule has 0 saturated carbocycles. The van der Waals surface area contributed by atoms with Gasteiger partial charge in [0.05, 0.1) is 0 Å². The number of hydrogen-bond donors (Lipinski definition) is 0. The van der Waals surface area contributed by atoms with E-state index in [0.717, 1.165) is 5.56 Å². The lowest BCUT2D eigenvalue weighted by Crippen LogP contribution is -2.49. The number of halogens is 15. The van der Waals surface area contributed by atoms with Gasteiger partial charge < -0.3 is 0 Å². The Bertz CT molecular complexity index is 780. The zero-order valence-electron chi connectivity index (χ0n) is 19.6. The third kappa shape index (κ3) is 16.3. The second-order valence-corrected chi connectivity index (χ2v) is 55.7. The summed E-state index contributed by atoms with van der Waals surface area (Å²) in [5.74, 6) is 0. The van der Waals surface area contributed by atoms with Crippen molar-refractivity contribution in [3.05, 3.63) is 35.9 Å². The molecule has 38 heavy (non-hydrogen) atoms. The molecule has 0 saturated heterocycles. The van der Waals surface area contributed by atoms with E-state index in [9.17, 15) is 0 Å². The van der Waals surface area contributed by atoms with Gasteiger partial charge in [0.25, 0.3) is 0 Å². The molecule has 1 rings (SSSR count). The van der Waals surface area contributed by atoms with Crippen LogP contribution in [-0.2, 0) is 5.41 Å². The van der Waals surface area contributed by atoms with Crippen LogP contribution >= 0.6 is 166 Å². The highest BCUT2D eigenvalue weighted by Gasteiger charge is 2.55. The first-order valence-electron chi connectivity index (χ1n) is 11.3. The van der Waals surface area contributed by atoms with E-state index in [1.807, 2.05) is 30.3 Å². The molecule has 0 aliphatic heterocycles. The van der Waals surface area contributed by atoms with Crippen LogP contribution in [0.25, 0.3) is 0 Å². The average Bonchev–Trinajstić information content (AvgIpc) is 2.71. The predicted octanol–water partition coefficient (Wildman–Crippen LogP) is 14.1. The molecule has 0 amide bonds. The van der Waals surface area contributed by atoms with Crippen molar-refractivity contribution in [2.24, 2.45) is 5.41 Å². The fraction of sp³-hybridized carbons (Fsp3) is 0.667. The summed E-state index contributed by atoms with van der Waals surface area (Å²) in [5.41, 5.74) is -0.441. The van der Waals surface area contributed by atoms with Crippen LogP contribution in [-0.4, -0.2) is 30.0 Å². The minimum Gasteiger partial charge on any atom is -0.126 e. The molecule has 222 valence electrons. The molecular weight excluding hydrogens is 888 g/mol. The van der Waals surface area contributed by atoms with E-state index in [1.165, 1.54) is 0 Å². The van der Waals surface area contributed by atoms with E-state index in [4.69, 9.17) is 166 Å². The van der Waals surface area contributed by atoms with Crippen LogP contribution in [0.3, 0.4) is 0 Å². The predicted molar refractivity (Wildman–Crippen MR) is 194 cm³/mol. The fourth-order valence-electron chi connectivity index (χ4n) is 4.95. The Morgan fingerprint density at radius 3 is 0.921 bits per heavy atom. The molecule has 0 aromatic heterocycles. The van der Waals surface area contributed by atoms with Crippen molar-refractivity contribution in [2.45, 2.75) is 67.7 Å². The summed E-state index contributed by atoms with van der Waals surface area (Å²) >= 11 is 96.6. The maximum atomic E-state index is 6.45. The van der Waals surface area contributed by atoms with Crippen molar-refractivity contribution in [1.82, 2.24) is 0 Å². The maximum Gasteiger partial charge on any atom is 0.341 e. The van der Waals surface area contributed by atoms with Crippen molar-refractivity contribution >= 4 is 196 Å². The van der Waals surface area contributed by atoms with Gasteiger partial charge in [-0.1, -0.05) is 30.3 Å². The highest BCUT2D eigenvalue weighted by molar-refractivity contribution is 7.66. The Labute approximate surface area is 301 Å². The second-order valence-electron chi connectivity index (χ2n) is 9.30. The van der Waals surface area contributed by atoms with Crippen LogP contribution in [0.4, 0.5) is 0 Å². The second kappa shape index (κ2) is 16.5. The molecule has 20 heteroatoms. The lowest BCUT2D eigenvalue weighted by molar-refractivity contribution is 0.0824. The number of hydrogen-bond acceptors (Lipinski definition) is 0. The van der Waals surface area contributed by atoms with E-state index in [-0.39, 0.29) is 0 Å². The van der Waals surface area contributed by atoms with Crippen LogP contribution in [0.2, 0.25) is 30.2 Å². The summed E-state index contributed by atoms with van der Waals surface area (Å²) in [6.45, 7) is 0. The molecule has 0 aliphatic rings. The normalized spacial score (nSPS) is 14.7. The third-order valence-electron chi connectivity index (χ3n) is 6.67. The minimum atomic E-state index is -3.11. The van der Waals surface area contributed by atoms with Crippen LogP contribution < -0.4 is 0 Å². The lowest BCUT2D eigenvalue weighted by atomic mass is 9.53. The van der Waals surface area contributed by atoms with Crippen LogP contribution in [0.1, 0.15) is 37.7 Å². The first-order valence-corrected chi connectivity index (χ1v) is 37.5. The monoisotopic (exact) mass is 906 g/mol. The summed E-state index contributed by atoms with van der Waals surface area (Å²) in [6.07, 6.45) is 2.28. The van der Waals surface area contributed by atoms with E-state index in [0.29, 0.717) is 62.3 Å². The third-order valence-corrected chi connectivity index (χ3v) is 19.3. The molecule has 1 aromatic carbocycles. The Morgan fingerprint density at radius 2 is 0.658 bits per heavy atom. The van der Waals surface area contributed by atoms with Gasteiger partial charge in [0.1, 0.15) is 0 Å². The lowest BCUT2D eigenvalue weighted by Gasteiger charge is -2.54. The molecule has 0 heterocycles. The molecular formula is C18H25Cl15Si5. The van der Waals surface area contributed by atoms with Gasteiger partial charge in [-0.3, -0.25) is 0 Å². The van der Waals surface area contributed by atoms with Crippen molar-refractivity contribution in [3.8, 4) is 0 Å². The molecule has 0 nitrogen and oxygen atoms in total. The largest absolute Gasteiger partial charge is 0.341 e. The SMILES string of the molecule is Cl[Si](Cl)(Cl)CCC(CC[Si](Cl)(Cl)Cl)(CC[Si](Cl)(Cl)Cl)C(CC[Si](Cl)(Cl)Cl)(CC[Si](Cl)(Cl)Cl)c1ccccc1. The van der Waals surface area contributed by atoms with Crippen molar-refractivity contribution in [2.75, 3.05) is 0 Å². The summed E-state index contributed by atoms with van der Waals surface area (Å²) in [5, 5.41) is 0. The fourth-order valence-corrected chi connectivity index (χ4v) is 12.9. The van der Waals surface area contributed by atoms with Gasteiger partial charge in [0.15, 0.2) is 0 Å². The average molecular weight is 914 g/mol. The quantitative estimate of drug-likeness (QED) is 0.108. The van der Waals surface area contributed by atoms with Crippen LogP contribution in [0.5, 0.6) is 0 Å². The van der Waals surface area contributed by atoms with Gasteiger partial charge >= 0.3 is 30.0 Å². The summed E-state index contributed by atoms with van der Waals surface area (Å²) in [7, 11) is 0. The molecule has 0 aliphatic carbocycles. The molecule has 0 unspecified atom stereocenters. The van der Waals surface area contributed by atoms with Gasteiger partial charge in [-0.05, 0) is 73.3 Å². The Morgan fingerprint density at radius 1 is 0.395 bits per heavy atom. The van der Waals surface area contributed by atoms with Crippen molar-refractivity contribution in [1.29, 1.82) is 0 Å². The Kier molecular flexibility index (Phi) is 17.6. The first-order chi connectivity index (χ1) is 16.9. The van der Waals surface area contributed by atoms with Gasteiger partial charge in [-0.25, -0.2) is 0 Å². The topological polar surface area (TPSA) is 0 Å². The number of benzene rings is 1. The Hall–Kier alpha value is 4.65. The standard InChI is InChI=1S/C18H25Cl15Si5/c19-34(20,21)11-6-17(7-12-35(22,23)24,8-13-36(25,26)27)18(9-14-37(28,29)30,10-15-38(31,32)33)16-4-2-1-3-5-16/h1-5H,6-15H2. The zero-order valence-corrected chi connectivity index (χ0v) is 36.0. The highest BCUT2D eigenvalue weighted by Crippen LogP contribution is 2.61. The van der Waals surface area contributed by atoms with Gasteiger partial charge in [0, 0.05) is 5.41 Å². The summed E-state index contributed by atoms with van der Waals surface area (Å²) in [6, 6.07) is -4.11. The van der Waals surface area contributed by atoms with Crippen LogP contribution in [0.15, 0.2) is 30.3 Å².